The number of benzene rings is 2. The Morgan fingerprint density at radius 2 is 0.974 bits per heavy atom. The van der Waals surface area contributed by atoms with E-state index in [2.05, 4.69) is 119 Å². The van der Waals surface area contributed by atoms with Gasteiger partial charge in [0.05, 0.1) is 0 Å². The van der Waals surface area contributed by atoms with Crippen LogP contribution in [0.1, 0.15) is 137 Å². The molecule has 2 nitrogen and oxygen atoms in total. The summed E-state index contributed by atoms with van der Waals surface area (Å²) in [5.41, 5.74) is 6.20. The van der Waals surface area contributed by atoms with Gasteiger partial charge in [-0.3, -0.25) is 0 Å². The fraction of sp³-hybridized carbons (Fsp3) is 0.647. The first-order chi connectivity index (χ1) is 17.4. The van der Waals surface area contributed by atoms with Crippen LogP contribution < -0.4 is 7.58 Å². The monoisotopic (exact) mass is 613 g/mol. The number of hydrogen-bond acceptors (Lipinski definition) is 2. The molecule has 0 amide bonds. The maximum atomic E-state index is 7.03. The minimum Gasteiger partial charge on any atom is -0.147 e. The van der Waals surface area contributed by atoms with Crippen molar-refractivity contribution in [3.8, 4) is 11.5 Å². The van der Waals surface area contributed by atoms with Crippen molar-refractivity contribution in [1.29, 1.82) is 0 Å². The molecule has 39 heavy (non-hydrogen) atoms. The van der Waals surface area contributed by atoms with Gasteiger partial charge in [0, 0.05) is 0 Å². The third-order valence-electron chi connectivity index (χ3n) is 7.51. The largest absolute Gasteiger partial charge is 0.147 e. The zero-order valence-corrected chi connectivity index (χ0v) is 29.8. The van der Waals surface area contributed by atoms with Crippen LogP contribution >= 0.6 is 19.6 Å². The number of rotatable bonds is 6. The SMILES string of the molecule is CC(C)(C)c1ccc([O][Cr]([O]c2ccc(C(C)(C)C)cc2C(C)(C)C)[PH]C2CCCCC2)c(C(C)(C)C)c1.Cl. The first-order valence-corrected chi connectivity index (χ1v) is 18.5. The summed E-state index contributed by atoms with van der Waals surface area (Å²) in [7, 11) is 0.736. The van der Waals surface area contributed by atoms with Gasteiger partial charge in [0.15, 0.2) is 0 Å². The normalized spacial score (nSPS) is 16.0. The Morgan fingerprint density at radius 1 is 0.590 bits per heavy atom. The molecule has 0 spiro atoms. The molecule has 2 aromatic carbocycles. The Balaban J connectivity index is 0.00000533. The summed E-state index contributed by atoms with van der Waals surface area (Å²) in [5.74, 6) is 2.03. The molecular weight excluding hydrogens is 559 g/mol. The van der Waals surface area contributed by atoms with Crippen molar-refractivity contribution in [1.82, 2.24) is 0 Å². The van der Waals surface area contributed by atoms with Crippen molar-refractivity contribution < 1.29 is 21.9 Å². The van der Waals surface area contributed by atoms with E-state index in [1.54, 1.807) is 0 Å². The second-order valence-electron chi connectivity index (χ2n) is 15.3. The van der Waals surface area contributed by atoms with E-state index in [-0.39, 0.29) is 34.1 Å². The van der Waals surface area contributed by atoms with Gasteiger partial charge in [-0.05, 0) is 0 Å². The van der Waals surface area contributed by atoms with Crippen LogP contribution in [0.3, 0.4) is 0 Å². The van der Waals surface area contributed by atoms with E-state index in [1.807, 2.05) is 0 Å². The van der Waals surface area contributed by atoms with Crippen LogP contribution in [0.15, 0.2) is 36.4 Å². The fourth-order valence-corrected chi connectivity index (χ4v) is 10.5. The summed E-state index contributed by atoms with van der Waals surface area (Å²) >= 11 is -1.87. The van der Waals surface area contributed by atoms with Crippen molar-refractivity contribution in [3.63, 3.8) is 0 Å². The van der Waals surface area contributed by atoms with Gasteiger partial charge >= 0.3 is 242 Å². The second kappa shape index (κ2) is 13.1. The fourth-order valence-electron chi connectivity index (χ4n) is 4.90. The van der Waals surface area contributed by atoms with Crippen LogP contribution in [0.5, 0.6) is 11.5 Å². The molecule has 0 aliphatic heterocycles. The Kier molecular flexibility index (Phi) is 11.6. The Bertz CT molecular complexity index is 1000. The first kappa shape index (κ1) is 34.5. The third kappa shape index (κ3) is 9.67. The average molecular weight is 614 g/mol. The van der Waals surface area contributed by atoms with Crippen LogP contribution in [-0.4, -0.2) is 5.66 Å². The molecule has 0 radical (unpaired) electrons. The molecule has 1 aliphatic carbocycles. The summed E-state index contributed by atoms with van der Waals surface area (Å²) < 4.78 is 14.1. The molecule has 1 fully saturated rings. The Hall–Kier alpha value is -0.708. The maximum Gasteiger partial charge on any atom is -0.147 e. The van der Waals surface area contributed by atoms with Gasteiger partial charge in [-0.25, -0.2) is 0 Å². The molecule has 1 saturated carbocycles. The van der Waals surface area contributed by atoms with E-state index >= 15 is 0 Å². The zero-order valence-electron chi connectivity index (χ0n) is 26.7. The third-order valence-corrected chi connectivity index (χ3v) is 12.8. The Morgan fingerprint density at radius 3 is 1.31 bits per heavy atom. The van der Waals surface area contributed by atoms with E-state index in [0.29, 0.717) is 0 Å². The smallest absolute Gasteiger partial charge is 0.147 e. The standard InChI is InChI=1S/2C14H22O.C6H12P.ClH.Cr/c2*1-13(2,3)10-7-8-12(15)11(9-10)14(4,5)6;7-6-4-2-1-3-5-6;;/h2*7-9,15H,1-6H3;6-7H,1-5H2;1H;/q;;-1;;+3/p-2. The van der Waals surface area contributed by atoms with Gasteiger partial charge in [-0.2, -0.15) is 0 Å². The van der Waals surface area contributed by atoms with Crippen molar-refractivity contribution in [2.24, 2.45) is 0 Å². The molecule has 0 saturated heterocycles. The molecule has 221 valence electrons. The summed E-state index contributed by atoms with van der Waals surface area (Å²) in [4.78, 5) is 0. The maximum absolute atomic E-state index is 7.03. The molecule has 1 aliphatic rings. The summed E-state index contributed by atoms with van der Waals surface area (Å²) in [6, 6.07) is 13.7. The quantitative estimate of drug-likeness (QED) is 0.302. The summed E-state index contributed by atoms with van der Waals surface area (Å²) in [6.45, 7) is 27.5. The minimum atomic E-state index is -1.87. The van der Waals surface area contributed by atoms with Crippen LogP contribution in [0.4, 0.5) is 0 Å². The average Bonchev–Trinajstić information content (AvgIpc) is 2.77. The van der Waals surface area contributed by atoms with Crippen molar-refractivity contribution in [2.45, 2.75) is 143 Å². The minimum absolute atomic E-state index is 0. The summed E-state index contributed by atoms with van der Waals surface area (Å²) in [5, 5.41) is 0. The molecule has 1 atom stereocenters. The van der Waals surface area contributed by atoms with E-state index in [1.165, 1.54) is 54.4 Å². The van der Waals surface area contributed by atoms with Crippen molar-refractivity contribution in [3.05, 3.63) is 58.7 Å². The summed E-state index contributed by atoms with van der Waals surface area (Å²) in [6.07, 6.45) is 6.69. The van der Waals surface area contributed by atoms with E-state index < -0.39 is 14.4 Å². The Labute approximate surface area is 253 Å². The predicted octanol–water partition coefficient (Wildman–Crippen LogP) is 11.1. The van der Waals surface area contributed by atoms with Gasteiger partial charge < -0.3 is 0 Å². The van der Waals surface area contributed by atoms with Crippen molar-refractivity contribution >= 4 is 19.6 Å². The van der Waals surface area contributed by atoms with Gasteiger partial charge in [0.25, 0.3) is 0 Å². The second-order valence-corrected chi connectivity index (χ2v) is 20.1. The molecule has 2 aromatic rings. The molecule has 0 bridgehead atoms. The number of hydrogen-bond donors (Lipinski definition) is 0. The van der Waals surface area contributed by atoms with Crippen molar-refractivity contribution in [2.75, 3.05) is 0 Å². The van der Waals surface area contributed by atoms with Gasteiger partial charge in [0.1, 0.15) is 0 Å². The zero-order chi connectivity index (χ0) is 28.5. The van der Waals surface area contributed by atoms with Gasteiger partial charge in [0.2, 0.25) is 0 Å². The van der Waals surface area contributed by atoms with Crippen LogP contribution in [0, 0.1) is 0 Å². The molecule has 0 heterocycles. The first-order valence-electron chi connectivity index (χ1n) is 14.5. The van der Waals surface area contributed by atoms with E-state index in [0.717, 1.165) is 24.4 Å². The number of halogens is 1. The molecular formula is C34H55ClCrO2P. The molecule has 0 aromatic heterocycles. The van der Waals surface area contributed by atoms with E-state index in [4.69, 9.17) is 7.58 Å². The topological polar surface area (TPSA) is 18.5 Å². The van der Waals surface area contributed by atoms with Gasteiger partial charge in [-0.1, -0.05) is 0 Å². The molecule has 5 heteroatoms. The van der Waals surface area contributed by atoms with E-state index in [9.17, 15) is 0 Å². The van der Waals surface area contributed by atoms with Crippen LogP contribution in [-0.2, 0) is 36.0 Å². The molecule has 1 unspecified atom stereocenters. The van der Waals surface area contributed by atoms with Gasteiger partial charge in [-0.15, -0.1) is 12.4 Å². The predicted molar refractivity (Wildman–Crippen MR) is 171 cm³/mol. The van der Waals surface area contributed by atoms with Crippen LogP contribution in [0.2, 0.25) is 0 Å². The van der Waals surface area contributed by atoms with Crippen LogP contribution in [0.25, 0.3) is 0 Å². The molecule has 3 rings (SSSR count). The molecule has 0 N–H and O–H groups in total.